The molecule has 2 nitrogen and oxygen atoms in total. The van der Waals surface area contributed by atoms with Crippen LogP contribution in [0.25, 0.3) is 33.4 Å². The molecule has 0 fully saturated rings. The van der Waals surface area contributed by atoms with Crippen LogP contribution >= 0.6 is 0 Å². The van der Waals surface area contributed by atoms with E-state index in [1.807, 2.05) is 12.1 Å². The van der Waals surface area contributed by atoms with Crippen molar-refractivity contribution in [3.05, 3.63) is 138 Å². The van der Waals surface area contributed by atoms with Crippen molar-refractivity contribution < 1.29 is 9.68 Å². The second-order valence-corrected chi connectivity index (χ2v) is 8.86. The van der Waals surface area contributed by atoms with Gasteiger partial charge in [-0.05, 0) is 67.8 Å². The van der Waals surface area contributed by atoms with Crippen LogP contribution in [0.1, 0.15) is 22.3 Å². The number of benzene rings is 5. The Balaban J connectivity index is 1.61. The molecule has 0 saturated heterocycles. The van der Waals surface area contributed by atoms with E-state index in [-0.39, 0.29) is 5.41 Å². The van der Waals surface area contributed by atoms with Crippen LogP contribution in [0.3, 0.4) is 0 Å². The lowest BCUT2D eigenvalue weighted by molar-refractivity contribution is 0.454. The molecule has 0 heterocycles. The van der Waals surface area contributed by atoms with Crippen LogP contribution in [-0.4, -0.2) is 12.7 Å². The molecular weight excluding hydrogens is 415 g/mol. The van der Waals surface area contributed by atoms with Gasteiger partial charge in [0.15, 0.2) is 0 Å². The quantitative estimate of drug-likeness (QED) is 0.317. The Kier molecular flexibility index (Phi) is 4.11. The third kappa shape index (κ3) is 2.40. The van der Waals surface area contributed by atoms with Gasteiger partial charge in [0.1, 0.15) is 5.75 Å². The Morgan fingerprint density at radius 1 is 0.500 bits per heavy atom. The van der Waals surface area contributed by atoms with Crippen LogP contribution in [0, 0.1) is 0 Å². The zero-order valence-corrected chi connectivity index (χ0v) is 18.4. The lowest BCUT2D eigenvalue weighted by Crippen LogP contribution is -2.26. The molecule has 1 N–H and O–H groups in total. The minimum Gasteiger partial charge on any atom is -0.537 e. The fourth-order valence-electron chi connectivity index (χ4n) is 6.17. The molecule has 0 bridgehead atoms. The summed E-state index contributed by atoms with van der Waals surface area (Å²) in [7, 11) is 0.716. The van der Waals surface area contributed by atoms with Crippen molar-refractivity contribution in [3.63, 3.8) is 0 Å². The van der Waals surface area contributed by atoms with Crippen LogP contribution in [0.2, 0.25) is 0 Å². The van der Waals surface area contributed by atoms with Gasteiger partial charge in [-0.1, -0.05) is 103 Å². The van der Waals surface area contributed by atoms with Gasteiger partial charge in [-0.25, -0.2) is 0 Å². The van der Waals surface area contributed by atoms with Gasteiger partial charge in [0.05, 0.1) is 5.41 Å². The molecule has 3 heteroatoms. The van der Waals surface area contributed by atoms with Gasteiger partial charge >= 0.3 is 7.69 Å². The summed E-state index contributed by atoms with van der Waals surface area (Å²) in [5.74, 6) is 0.605. The number of fused-ring (bicyclic) bond motifs is 10. The maximum absolute atomic E-state index is 9.01. The standard InChI is InChI=1S/C31H20BO2/c33-32-34-21-18-16-20(17-19-21)22-11-7-12-26-25-10-3-6-15-29(25)31(30(22)26)27-13-4-1-8-23(27)24-9-2-5-14-28(24)31/h1-19,33H. The van der Waals surface area contributed by atoms with E-state index in [1.54, 1.807) is 0 Å². The third-order valence-corrected chi connectivity index (χ3v) is 7.37. The molecule has 0 aromatic heterocycles. The molecule has 34 heavy (non-hydrogen) atoms. The Morgan fingerprint density at radius 2 is 0.971 bits per heavy atom. The summed E-state index contributed by atoms with van der Waals surface area (Å²) >= 11 is 0. The van der Waals surface area contributed by atoms with Gasteiger partial charge in [0.2, 0.25) is 0 Å². The van der Waals surface area contributed by atoms with Gasteiger partial charge in [-0.3, -0.25) is 0 Å². The Hall–Kier alpha value is -4.08. The molecule has 1 spiro atoms. The number of hydrogen-bond donors (Lipinski definition) is 1. The van der Waals surface area contributed by atoms with Crippen molar-refractivity contribution in [1.82, 2.24) is 0 Å². The maximum atomic E-state index is 9.01. The summed E-state index contributed by atoms with van der Waals surface area (Å²) in [5, 5.41) is 9.01. The van der Waals surface area contributed by atoms with Crippen molar-refractivity contribution in [2.24, 2.45) is 0 Å². The average molecular weight is 435 g/mol. The van der Waals surface area contributed by atoms with Crippen LogP contribution < -0.4 is 4.65 Å². The van der Waals surface area contributed by atoms with E-state index < -0.39 is 0 Å². The Bertz CT molecular complexity index is 1510. The highest BCUT2D eigenvalue weighted by atomic mass is 16.5. The molecule has 0 atom stereocenters. The molecule has 2 aliphatic rings. The average Bonchev–Trinajstić information content (AvgIpc) is 3.37. The minimum atomic E-state index is -0.371. The Labute approximate surface area is 199 Å². The summed E-state index contributed by atoms with van der Waals surface area (Å²) < 4.78 is 5.16. The van der Waals surface area contributed by atoms with Crippen molar-refractivity contribution in [2.45, 2.75) is 5.41 Å². The lowest BCUT2D eigenvalue weighted by atomic mass is 9.68. The summed E-state index contributed by atoms with van der Waals surface area (Å²) in [6, 6.07) is 41.1. The molecule has 0 aliphatic heterocycles. The van der Waals surface area contributed by atoms with Crippen LogP contribution in [-0.2, 0) is 5.41 Å². The highest BCUT2D eigenvalue weighted by Crippen LogP contribution is 2.64. The maximum Gasteiger partial charge on any atom is 0.569 e. The summed E-state index contributed by atoms with van der Waals surface area (Å²) in [6.45, 7) is 0. The predicted molar refractivity (Wildman–Crippen MR) is 137 cm³/mol. The fourth-order valence-corrected chi connectivity index (χ4v) is 6.17. The molecule has 2 aliphatic carbocycles. The van der Waals surface area contributed by atoms with Gasteiger partial charge in [-0.2, -0.15) is 0 Å². The van der Waals surface area contributed by atoms with E-state index in [0.29, 0.717) is 13.4 Å². The van der Waals surface area contributed by atoms with Crippen LogP contribution in [0.5, 0.6) is 5.75 Å². The zero-order valence-electron chi connectivity index (χ0n) is 18.4. The fraction of sp³-hybridized carbons (Fsp3) is 0.0323. The molecule has 0 amide bonds. The normalized spacial score (nSPS) is 13.7. The molecule has 159 valence electrons. The molecule has 0 saturated carbocycles. The van der Waals surface area contributed by atoms with E-state index in [2.05, 4.69) is 103 Å². The molecule has 7 rings (SSSR count). The molecule has 0 unspecified atom stereocenters. The van der Waals surface area contributed by atoms with E-state index >= 15 is 0 Å². The number of hydrogen-bond acceptors (Lipinski definition) is 2. The van der Waals surface area contributed by atoms with Crippen LogP contribution in [0.4, 0.5) is 0 Å². The topological polar surface area (TPSA) is 29.5 Å². The van der Waals surface area contributed by atoms with Gasteiger partial charge in [-0.15, -0.1) is 0 Å². The van der Waals surface area contributed by atoms with Crippen molar-refractivity contribution in [3.8, 4) is 39.1 Å². The summed E-state index contributed by atoms with van der Waals surface area (Å²) in [4.78, 5) is 0. The van der Waals surface area contributed by atoms with E-state index in [1.165, 1.54) is 50.1 Å². The first kappa shape index (κ1) is 19.4. The first-order valence-electron chi connectivity index (χ1n) is 11.5. The van der Waals surface area contributed by atoms with Crippen molar-refractivity contribution in [1.29, 1.82) is 0 Å². The molecule has 1 radical (unpaired) electrons. The number of rotatable bonds is 3. The first-order chi connectivity index (χ1) is 16.8. The summed E-state index contributed by atoms with van der Waals surface area (Å²) in [5.41, 5.74) is 12.5. The van der Waals surface area contributed by atoms with Crippen molar-refractivity contribution >= 4 is 7.69 Å². The summed E-state index contributed by atoms with van der Waals surface area (Å²) in [6.07, 6.45) is 0. The Morgan fingerprint density at radius 3 is 1.53 bits per heavy atom. The molecule has 5 aromatic rings. The molecular formula is C31H20BO2. The highest BCUT2D eigenvalue weighted by Gasteiger charge is 2.52. The second-order valence-electron chi connectivity index (χ2n) is 8.86. The second kappa shape index (κ2) is 7.21. The van der Waals surface area contributed by atoms with Crippen molar-refractivity contribution in [2.75, 3.05) is 0 Å². The van der Waals surface area contributed by atoms with Crippen LogP contribution in [0.15, 0.2) is 115 Å². The predicted octanol–water partition coefficient (Wildman–Crippen LogP) is 6.60. The zero-order chi connectivity index (χ0) is 22.7. The monoisotopic (exact) mass is 435 g/mol. The first-order valence-corrected chi connectivity index (χ1v) is 11.5. The largest absolute Gasteiger partial charge is 0.569 e. The highest BCUT2D eigenvalue weighted by molar-refractivity contribution is 6.17. The SMILES string of the molecule is O[B]Oc1ccc(-c2cccc3c2C2(c4ccccc4-c4ccccc42)c2ccccc2-3)cc1. The third-order valence-electron chi connectivity index (χ3n) is 7.37. The van der Waals surface area contributed by atoms with E-state index in [4.69, 9.17) is 9.68 Å². The van der Waals surface area contributed by atoms with Gasteiger partial charge in [0, 0.05) is 0 Å². The van der Waals surface area contributed by atoms with E-state index in [9.17, 15) is 0 Å². The smallest absolute Gasteiger partial charge is 0.537 e. The van der Waals surface area contributed by atoms with E-state index in [0.717, 1.165) is 5.56 Å². The van der Waals surface area contributed by atoms with Gasteiger partial charge in [0.25, 0.3) is 0 Å². The van der Waals surface area contributed by atoms with Gasteiger partial charge < -0.3 is 9.68 Å². The lowest BCUT2D eigenvalue weighted by Gasteiger charge is -2.32. The molecule has 5 aromatic carbocycles. The minimum absolute atomic E-state index is 0.371.